The first kappa shape index (κ1) is 21.5. The molecule has 0 amide bonds. The lowest BCUT2D eigenvalue weighted by molar-refractivity contribution is 0.284. The molecule has 0 saturated carbocycles. The van der Waals surface area contributed by atoms with Gasteiger partial charge in [-0.1, -0.05) is 55.3 Å². The van der Waals surface area contributed by atoms with Crippen molar-refractivity contribution in [2.45, 2.75) is 33.9 Å². The smallest absolute Gasteiger partial charge is 0.163 e. The molecule has 2 rings (SSSR count). The number of benzene rings is 2. The van der Waals surface area contributed by atoms with Crippen LogP contribution in [0.25, 0.3) is 0 Å². The van der Waals surface area contributed by atoms with Crippen LogP contribution in [-0.2, 0) is 13.2 Å². The van der Waals surface area contributed by atoms with Crippen LogP contribution in [0.4, 0.5) is 0 Å². The lowest BCUT2D eigenvalue weighted by Crippen LogP contribution is -2.31. The summed E-state index contributed by atoms with van der Waals surface area (Å²) in [7, 11) is 1.65. The van der Waals surface area contributed by atoms with E-state index in [0.29, 0.717) is 29.7 Å². The second-order valence-corrected chi connectivity index (χ2v) is 6.98. The van der Waals surface area contributed by atoms with Gasteiger partial charge in [0.1, 0.15) is 6.61 Å². The predicted octanol–water partition coefficient (Wildman–Crippen LogP) is 4.67. The molecule has 1 N–H and O–H groups in total. The van der Waals surface area contributed by atoms with E-state index in [-0.39, 0.29) is 0 Å². The molecule has 148 valence electrons. The number of nitrogens with zero attached hydrogens (tertiary/aromatic N) is 1. The molecule has 0 heterocycles. The predicted molar refractivity (Wildman–Crippen MR) is 113 cm³/mol. The van der Waals surface area contributed by atoms with E-state index in [1.54, 1.807) is 7.11 Å². The van der Waals surface area contributed by atoms with Gasteiger partial charge in [-0.3, -0.25) is 0 Å². The van der Waals surface area contributed by atoms with Crippen LogP contribution in [0, 0.1) is 6.92 Å². The number of likely N-dealkylation sites (N-methyl/N-ethyl adjacent to an activating group) is 1. The van der Waals surface area contributed by atoms with Crippen molar-refractivity contribution in [2.24, 2.45) is 0 Å². The molecule has 5 heteroatoms. The monoisotopic (exact) mass is 390 g/mol. The van der Waals surface area contributed by atoms with Crippen molar-refractivity contribution >= 4 is 11.6 Å². The Morgan fingerprint density at radius 1 is 1.07 bits per heavy atom. The number of hydrogen-bond donors (Lipinski definition) is 1. The highest BCUT2D eigenvalue weighted by Crippen LogP contribution is 2.34. The van der Waals surface area contributed by atoms with Gasteiger partial charge >= 0.3 is 0 Å². The third-order valence-electron chi connectivity index (χ3n) is 4.62. The van der Waals surface area contributed by atoms with Crippen molar-refractivity contribution in [3.63, 3.8) is 0 Å². The van der Waals surface area contributed by atoms with Gasteiger partial charge < -0.3 is 19.7 Å². The maximum atomic E-state index is 6.48. The zero-order valence-electron chi connectivity index (χ0n) is 16.8. The minimum atomic E-state index is 0.482. The fraction of sp³-hybridized carbons (Fsp3) is 0.455. The third-order valence-corrected chi connectivity index (χ3v) is 4.98. The second kappa shape index (κ2) is 11.2. The molecule has 27 heavy (non-hydrogen) atoms. The van der Waals surface area contributed by atoms with Crippen molar-refractivity contribution in [3.8, 4) is 11.5 Å². The normalized spacial score (nSPS) is 11.0. The van der Waals surface area contributed by atoms with Crippen LogP contribution in [0.3, 0.4) is 0 Å². The summed E-state index contributed by atoms with van der Waals surface area (Å²) in [6.45, 7) is 11.7. The molecule has 0 unspecified atom stereocenters. The molecule has 0 aliphatic heterocycles. The molecule has 0 atom stereocenters. The topological polar surface area (TPSA) is 33.7 Å². The Kier molecular flexibility index (Phi) is 8.92. The molecule has 0 aliphatic carbocycles. The average molecular weight is 391 g/mol. The Balaban J connectivity index is 1.97. The first-order valence-electron chi connectivity index (χ1n) is 9.55. The van der Waals surface area contributed by atoms with Gasteiger partial charge in [0.15, 0.2) is 11.5 Å². The number of methoxy groups -OCH3 is 1. The number of ether oxygens (including phenoxy) is 2. The standard InChI is InChI=1S/C22H31ClN2O2/c1-5-25(6-2)11-10-24-15-19-13-21(26-4)22(14-20(19)23)27-16-18-9-7-8-17(3)12-18/h7-9,12-14,24H,5-6,10-11,15-16H2,1-4H3. The van der Waals surface area contributed by atoms with Crippen LogP contribution in [0.2, 0.25) is 5.02 Å². The van der Waals surface area contributed by atoms with Crippen LogP contribution in [0.5, 0.6) is 11.5 Å². The van der Waals surface area contributed by atoms with Crippen molar-refractivity contribution in [3.05, 3.63) is 58.1 Å². The van der Waals surface area contributed by atoms with E-state index >= 15 is 0 Å². The van der Waals surface area contributed by atoms with Gasteiger partial charge in [0.05, 0.1) is 7.11 Å². The van der Waals surface area contributed by atoms with Crippen LogP contribution < -0.4 is 14.8 Å². The fourth-order valence-corrected chi connectivity index (χ4v) is 3.17. The number of halogens is 1. The lowest BCUT2D eigenvalue weighted by atomic mass is 10.1. The highest BCUT2D eigenvalue weighted by Gasteiger charge is 2.11. The average Bonchev–Trinajstić information content (AvgIpc) is 2.67. The van der Waals surface area contributed by atoms with Crippen molar-refractivity contribution in [2.75, 3.05) is 33.3 Å². The summed E-state index contributed by atoms with van der Waals surface area (Å²) in [6.07, 6.45) is 0. The zero-order chi connectivity index (χ0) is 19.6. The van der Waals surface area contributed by atoms with E-state index in [9.17, 15) is 0 Å². The van der Waals surface area contributed by atoms with Gasteiger partial charge in [-0.15, -0.1) is 0 Å². The maximum Gasteiger partial charge on any atom is 0.163 e. The van der Waals surface area contributed by atoms with E-state index in [0.717, 1.165) is 37.3 Å². The molecule has 4 nitrogen and oxygen atoms in total. The number of aryl methyl sites for hydroxylation is 1. The summed E-state index contributed by atoms with van der Waals surface area (Å²) in [5.74, 6) is 1.36. The zero-order valence-corrected chi connectivity index (χ0v) is 17.6. The summed E-state index contributed by atoms with van der Waals surface area (Å²) < 4.78 is 11.5. The van der Waals surface area contributed by atoms with Gasteiger partial charge in [-0.05, 0) is 37.2 Å². The molecule has 0 radical (unpaired) electrons. The van der Waals surface area contributed by atoms with Crippen molar-refractivity contribution < 1.29 is 9.47 Å². The molecule has 0 spiro atoms. The molecule has 2 aromatic carbocycles. The highest BCUT2D eigenvalue weighted by atomic mass is 35.5. The van der Waals surface area contributed by atoms with Crippen molar-refractivity contribution in [1.82, 2.24) is 10.2 Å². The van der Waals surface area contributed by atoms with Gasteiger partial charge in [0.2, 0.25) is 0 Å². The molecule has 0 aromatic heterocycles. The summed E-state index contributed by atoms with van der Waals surface area (Å²) in [5.41, 5.74) is 3.35. The maximum absolute atomic E-state index is 6.48. The number of nitrogens with one attached hydrogen (secondary N) is 1. The highest BCUT2D eigenvalue weighted by molar-refractivity contribution is 6.31. The number of hydrogen-bond acceptors (Lipinski definition) is 4. The van der Waals surface area contributed by atoms with Gasteiger partial charge in [-0.2, -0.15) is 0 Å². The Hall–Kier alpha value is -1.75. The molecule has 0 aliphatic rings. The van der Waals surface area contributed by atoms with Crippen LogP contribution in [-0.4, -0.2) is 38.2 Å². The molecular weight excluding hydrogens is 360 g/mol. The summed E-state index contributed by atoms with van der Waals surface area (Å²) in [4.78, 5) is 2.39. The Labute approximate surface area is 168 Å². The Bertz CT molecular complexity index is 717. The van der Waals surface area contributed by atoms with Crippen LogP contribution >= 0.6 is 11.6 Å². The van der Waals surface area contributed by atoms with Gasteiger partial charge in [0.25, 0.3) is 0 Å². The van der Waals surface area contributed by atoms with E-state index in [1.165, 1.54) is 5.56 Å². The molecule has 0 bridgehead atoms. The van der Waals surface area contributed by atoms with Gasteiger partial charge in [0, 0.05) is 30.7 Å². The summed E-state index contributed by atoms with van der Waals surface area (Å²) in [5, 5.41) is 4.14. The van der Waals surface area contributed by atoms with E-state index < -0.39 is 0 Å². The molecule has 0 fully saturated rings. The lowest BCUT2D eigenvalue weighted by Gasteiger charge is -2.18. The Morgan fingerprint density at radius 2 is 1.85 bits per heavy atom. The van der Waals surface area contributed by atoms with E-state index in [2.05, 4.69) is 49.2 Å². The third kappa shape index (κ3) is 6.73. The largest absolute Gasteiger partial charge is 0.493 e. The minimum absolute atomic E-state index is 0.482. The van der Waals surface area contributed by atoms with E-state index in [4.69, 9.17) is 21.1 Å². The molecule has 2 aromatic rings. The summed E-state index contributed by atoms with van der Waals surface area (Å²) in [6, 6.07) is 12.1. The van der Waals surface area contributed by atoms with Crippen molar-refractivity contribution in [1.29, 1.82) is 0 Å². The number of rotatable bonds is 11. The summed E-state index contributed by atoms with van der Waals surface area (Å²) >= 11 is 6.48. The SMILES string of the molecule is CCN(CC)CCNCc1cc(OC)c(OCc2cccc(C)c2)cc1Cl. The quantitative estimate of drug-likeness (QED) is 0.565. The minimum Gasteiger partial charge on any atom is -0.493 e. The van der Waals surface area contributed by atoms with Crippen LogP contribution in [0.15, 0.2) is 36.4 Å². The molecule has 0 saturated heterocycles. The molecular formula is C22H31ClN2O2. The Morgan fingerprint density at radius 3 is 2.52 bits per heavy atom. The van der Waals surface area contributed by atoms with Gasteiger partial charge in [-0.25, -0.2) is 0 Å². The second-order valence-electron chi connectivity index (χ2n) is 6.58. The first-order chi connectivity index (χ1) is 13.1. The fourth-order valence-electron chi connectivity index (χ4n) is 2.95. The van der Waals surface area contributed by atoms with Crippen LogP contribution in [0.1, 0.15) is 30.5 Å². The first-order valence-corrected chi connectivity index (χ1v) is 9.93. The van der Waals surface area contributed by atoms with E-state index in [1.807, 2.05) is 18.2 Å².